The molecule has 1 aliphatic rings. The fourth-order valence-electron chi connectivity index (χ4n) is 2.75. The summed E-state index contributed by atoms with van der Waals surface area (Å²) in [5.41, 5.74) is 4.57. The zero-order valence-electron chi connectivity index (χ0n) is 14.4. The third-order valence-electron chi connectivity index (χ3n) is 4.43. The highest BCUT2D eigenvalue weighted by atomic mass is 15.3. The monoisotopic (exact) mass is 311 g/mol. The van der Waals surface area contributed by atoms with Crippen LogP contribution in [0, 0.1) is 20.8 Å². The number of likely N-dealkylation sites (N-methyl/N-ethyl adjacent to an activating group) is 1. The number of hydrogen-bond acceptors (Lipinski definition) is 5. The summed E-state index contributed by atoms with van der Waals surface area (Å²) in [4.78, 5) is 13.9. The van der Waals surface area contributed by atoms with Crippen molar-refractivity contribution in [2.75, 3.05) is 43.4 Å². The smallest absolute Gasteiger partial charge is 0.229 e. The van der Waals surface area contributed by atoms with Crippen LogP contribution in [0.2, 0.25) is 0 Å². The molecule has 1 aromatic heterocycles. The van der Waals surface area contributed by atoms with E-state index in [9.17, 15) is 0 Å². The van der Waals surface area contributed by atoms with Crippen LogP contribution in [0.3, 0.4) is 0 Å². The molecule has 5 nitrogen and oxygen atoms in total. The Bertz CT molecular complexity index is 690. The zero-order chi connectivity index (χ0) is 16.4. The van der Waals surface area contributed by atoms with Crippen LogP contribution in [0.4, 0.5) is 17.5 Å². The van der Waals surface area contributed by atoms with Crippen molar-refractivity contribution < 1.29 is 0 Å². The summed E-state index contributed by atoms with van der Waals surface area (Å²) in [5.74, 6) is 1.68. The normalized spacial score (nSPS) is 15.7. The van der Waals surface area contributed by atoms with E-state index in [0.717, 1.165) is 43.4 Å². The molecule has 1 fully saturated rings. The highest BCUT2D eigenvalue weighted by molar-refractivity contribution is 5.57. The van der Waals surface area contributed by atoms with Crippen molar-refractivity contribution in [3.63, 3.8) is 0 Å². The molecule has 1 saturated heterocycles. The standard InChI is InChI=1S/C18H25N5/c1-13-5-6-16(11-14(13)2)20-18-19-15(3)12-17(21-18)23-9-7-22(4)8-10-23/h5-6,11-12H,7-10H2,1-4H3,(H,19,20,21). The first-order valence-electron chi connectivity index (χ1n) is 8.15. The van der Waals surface area contributed by atoms with Crippen molar-refractivity contribution in [2.45, 2.75) is 20.8 Å². The maximum atomic E-state index is 4.71. The molecule has 0 radical (unpaired) electrons. The molecule has 3 rings (SSSR count). The van der Waals surface area contributed by atoms with E-state index in [4.69, 9.17) is 4.98 Å². The molecule has 0 amide bonds. The van der Waals surface area contributed by atoms with Crippen LogP contribution < -0.4 is 10.2 Å². The Morgan fingerprint density at radius 3 is 2.35 bits per heavy atom. The van der Waals surface area contributed by atoms with Gasteiger partial charge in [0.15, 0.2) is 0 Å². The molecule has 0 aliphatic carbocycles. The Kier molecular flexibility index (Phi) is 4.48. The molecule has 0 spiro atoms. The minimum Gasteiger partial charge on any atom is -0.354 e. The molecule has 1 aromatic carbocycles. The van der Waals surface area contributed by atoms with E-state index >= 15 is 0 Å². The summed E-state index contributed by atoms with van der Waals surface area (Å²) >= 11 is 0. The Morgan fingerprint density at radius 1 is 0.913 bits per heavy atom. The van der Waals surface area contributed by atoms with Crippen molar-refractivity contribution in [3.05, 3.63) is 41.1 Å². The molecule has 2 heterocycles. The topological polar surface area (TPSA) is 44.3 Å². The lowest BCUT2D eigenvalue weighted by molar-refractivity contribution is 0.312. The zero-order valence-corrected chi connectivity index (χ0v) is 14.4. The molecule has 0 saturated carbocycles. The maximum Gasteiger partial charge on any atom is 0.229 e. The number of nitrogens with one attached hydrogen (secondary N) is 1. The fourth-order valence-corrected chi connectivity index (χ4v) is 2.75. The summed E-state index contributed by atoms with van der Waals surface area (Å²) in [7, 11) is 2.16. The predicted octanol–water partition coefficient (Wildman–Crippen LogP) is 2.90. The van der Waals surface area contributed by atoms with Crippen LogP contribution in [-0.2, 0) is 0 Å². The van der Waals surface area contributed by atoms with Gasteiger partial charge in [-0.05, 0) is 51.1 Å². The average Bonchev–Trinajstić information content (AvgIpc) is 2.51. The lowest BCUT2D eigenvalue weighted by Gasteiger charge is -2.33. The van der Waals surface area contributed by atoms with E-state index in [1.54, 1.807) is 0 Å². The van der Waals surface area contributed by atoms with Gasteiger partial charge in [-0.2, -0.15) is 4.98 Å². The molecule has 0 unspecified atom stereocenters. The SMILES string of the molecule is Cc1cc(N2CCN(C)CC2)nc(Nc2ccc(C)c(C)c2)n1. The molecule has 23 heavy (non-hydrogen) atoms. The molecular formula is C18H25N5. The lowest BCUT2D eigenvalue weighted by Crippen LogP contribution is -2.44. The van der Waals surface area contributed by atoms with E-state index in [1.807, 2.05) is 6.92 Å². The highest BCUT2D eigenvalue weighted by Crippen LogP contribution is 2.21. The summed E-state index contributed by atoms with van der Waals surface area (Å²) in [6.45, 7) is 10.4. The molecule has 5 heteroatoms. The third kappa shape index (κ3) is 3.79. The summed E-state index contributed by atoms with van der Waals surface area (Å²) in [6.07, 6.45) is 0. The van der Waals surface area contributed by atoms with Crippen molar-refractivity contribution in [1.29, 1.82) is 0 Å². The van der Waals surface area contributed by atoms with Gasteiger partial charge in [0.25, 0.3) is 0 Å². The van der Waals surface area contributed by atoms with Gasteiger partial charge in [0.05, 0.1) is 0 Å². The van der Waals surface area contributed by atoms with Crippen LogP contribution in [0.15, 0.2) is 24.3 Å². The van der Waals surface area contributed by atoms with Gasteiger partial charge in [-0.1, -0.05) is 6.07 Å². The van der Waals surface area contributed by atoms with Gasteiger partial charge < -0.3 is 15.1 Å². The van der Waals surface area contributed by atoms with Gasteiger partial charge in [-0.3, -0.25) is 0 Å². The average molecular weight is 311 g/mol. The third-order valence-corrected chi connectivity index (χ3v) is 4.43. The first-order chi connectivity index (χ1) is 11.0. The number of aromatic nitrogens is 2. The number of piperazine rings is 1. The summed E-state index contributed by atoms with van der Waals surface area (Å²) < 4.78 is 0. The van der Waals surface area contributed by atoms with Gasteiger partial charge in [0.2, 0.25) is 5.95 Å². The van der Waals surface area contributed by atoms with E-state index in [0.29, 0.717) is 5.95 Å². The van der Waals surface area contributed by atoms with E-state index in [2.05, 4.69) is 65.3 Å². The van der Waals surface area contributed by atoms with Crippen LogP contribution in [0.25, 0.3) is 0 Å². The molecule has 2 aromatic rings. The van der Waals surface area contributed by atoms with Gasteiger partial charge in [0.1, 0.15) is 5.82 Å². The van der Waals surface area contributed by atoms with Crippen LogP contribution in [-0.4, -0.2) is 48.1 Å². The second kappa shape index (κ2) is 6.54. The summed E-state index contributed by atoms with van der Waals surface area (Å²) in [6, 6.07) is 8.39. The van der Waals surface area contributed by atoms with Gasteiger partial charge in [-0.25, -0.2) is 4.98 Å². The van der Waals surface area contributed by atoms with E-state index in [-0.39, 0.29) is 0 Å². The number of rotatable bonds is 3. The number of benzene rings is 1. The molecule has 1 N–H and O–H groups in total. The first kappa shape index (κ1) is 15.7. The quantitative estimate of drug-likeness (QED) is 0.944. The van der Waals surface area contributed by atoms with Gasteiger partial charge in [-0.15, -0.1) is 0 Å². The lowest BCUT2D eigenvalue weighted by atomic mass is 10.1. The van der Waals surface area contributed by atoms with E-state index in [1.165, 1.54) is 11.1 Å². The minimum absolute atomic E-state index is 0.669. The number of nitrogens with zero attached hydrogens (tertiary/aromatic N) is 4. The Labute approximate surface area is 138 Å². The number of anilines is 3. The predicted molar refractivity (Wildman–Crippen MR) is 95.7 cm³/mol. The van der Waals surface area contributed by atoms with E-state index < -0.39 is 0 Å². The van der Waals surface area contributed by atoms with Crippen LogP contribution >= 0.6 is 0 Å². The van der Waals surface area contributed by atoms with Crippen molar-refractivity contribution in [3.8, 4) is 0 Å². The van der Waals surface area contributed by atoms with Crippen LogP contribution in [0.1, 0.15) is 16.8 Å². The van der Waals surface area contributed by atoms with Crippen molar-refractivity contribution >= 4 is 17.5 Å². The Hall–Kier alpha value is -2.14. The number of hydrogen-bond donors (Lipinski definition) is 1. The molecular weight excluding hydrogens is 286 g/mol. The largest absolute Gasteiger partial charge is 0.354 e. The van der Waals surface area contributed by atoms with Crippen molar-refractivity contribution in [2.24, 2.45) is 0 Å². The Balaban J connectivity index is 1.81. The second-order valence-electron chi connectivity index (χ2n) is 6.41. The molecule has 1 aliphatic heterocycles. The van der Waals surface area contributed by atoms with Crippen molar-refractivity contribution in [1.82, 2.24) is 14.9 Å². The molecule has 122 valence electrons. The second-order valence-corrected chi connectivity index (χ2v) is 6.41. The van der Waals surface area contributed by atoms with Gasteiger partial charge >= 0.3 is 0 Å². The highest BCUT2D eigenvalue weighted by Gasteiger charge is 2.16. The van der Waals surface area contributed by atoms with Crippen LogP contribution in [0.5, 0.6) is 0 Å². The number of aryl methyl sites for hydroxylation is 3. The molecule has 0 atom stereocenters. The summed E-state index contributed by atoms with van der Waals surface area (Å²) in [5, 5.41) is 3.34. The Morgan fingerprint density at radius 2 is 1.65 bits per heavy atom. The maximum absolute atomic E-state index is 4.71. The molecule has 0 bridgehead atoms. The van der Waals surface area contributed by atoms with Gasteiger partial charge in [0, 0.05) is 43.6 Å². The minimum atomic E-state index is 0.669. The first-order valence-corrected chi connectivity index (χ1v) is 8.15. The fraction of sp³-hybridized carbons (Fsp3) is 0.444.